The van der Waals surface area contributed by atoms with Crippen LogP contribution >= 0.6 is 23.4 Å². The number of thioether (sulfide) groups is 1. The number of pyridine rings is 1. The summed E-state index contributed by atoms with van der Waals surface area (Å²) in [7, 11) is 0. The maximum Gasteiger partial charge on any atom is 0.233 e. The Labute approximate surface area is 168 Å². The van der Waals surface area contributed by atoms with E-state index in [1.165, 1.54) is 11.8 Å². The van der Waals surface area contributed by atoms with Crippen LogP contribution in [0.1, 0.15) is 0 Å². The summed E-state index contributed by atoms with van der Waals surface area (Å²) in [4.78, 5) is 21.3. The SMILES string of the molecule is O=C(CSc1nccc2ccccc12)N1CCN(c2cccc(Cl)c2)CC1. The number of benzene rings is 2. The van der Waals surface area contributed by atoms with Crippen LogP contribution in [0.25, 0.3) is 10.8 Å². The second-order valence-corrected chi connectivity index (χ2v) is 7.87. The van der Waals surface area contributed by atoms with E-state index in [0.29, 0.717) is 5.75 Å². The standard InChI is InChI=1S/C21H20ClN3OS/c22-17-5-3-6-18(14-17)24-10-12-25(13-11-24)20(26)15-27-21-19-7-2-1-4-16(19)8-9-23-21/h1-9,14H,10-13,15H2. The van der Waals surface area contributed by atoms with Crippen LogP contribution in [0.15, 0.2) is 65.8 Å². The number of fused-ring (bicyclic) bond motifs is 1. The highest BCUT2D eigenvalue weighted by Gasteiger charge is 2.21. The zero-order valence-corrected chi connectivity index (χ0v) is 16.4. The summed E-state index contributed by atoms with van der Waals surface area (Å²) in [6, 6.07) is 18.0. The maximum absolute atomic E-state index is 12.6. The zero-order valence-electron chi connectivity index (χ0n) is 14.8. The van der Waals surface area contributed by atoms with Gasteiger partial charge in [0, 0.05) is 48.5 Å². The molecule has 0 spiro atoms. The Morgan fingerprint density at radius 1 is 1.04 bits per heavy atom. The summed E-state index contributed by atoms with van der Waals surface area (Å²) in [5.41, 5.74) is 1.11. The van der Waals surface area contributed by atoms with Gasteiger partial charge in [-0.25, -0.2) is 4.98 Å². The third-order valence-corrected chi connectivity index (χ3v) is 6.00. The smallest absolute Gasteiger partial charge is 0.233 e. The van der Waals surface area contributed by atoms with E-state index in [-0.39, 0.29) is 5.91 Å². The molecule has 1 aromatic heterocycles. The van der Waals surface area contributed by atoms with E-state index >= 15 is 0 Å². The molecule has 2 heterocycles. The Morgan fingerprint density at radius 2 is 1.85 bits per heavy atom. The first-order valence-corrected chi connectivity index (χ1v) is 10.3. The largest absolute Gasteiger partial charge is 0.368 e. The van der Waals surface area contributed by atoms with Gasteiger partial charge in [0.25, 0.3) is 0 Å². The molecule has 3 aromatic rings. The van der Waals surface area contributed by atoms with Crippen LogP contribution in [0.5, 0.6) is 0 Å². The summed E-state index contributed by atoms with van der Waals surface area (Å²) in [6.07, 6.45) is 1.80. The van der Waals surface area contributed by atoms with Crippen LogP contribution in [0, 0.1) is 0 Å². The van der Waals surface area contributed by atoms with E-state index in [2.05, 4.69) is 28.1 Å². The normalized spacial score (nSPS) is 14.6. The van der Waals surface area contributed by atoms with Crippen molar-refractivity contribution in [2.24, 2.45) is 0 Å². The Hall–Kier alpha value is -2.24. The molecule has 0 radical (unpaired) electrons. The molecule has 1 fully saturated rings. The van der Waals surface area contributed by atoms with E-state index in [9.17, 15) is 4.79 Å². The number of carbonyl (C=O) groups excluding carboxylic acids is 1. The molecule has 1 aliphatic heterocycles. The lowest BCUT2D eigenvalue weighted by Gasteiger charge is -2.36. The predicted octanol–water partition coefficient (Wildman–Crippen LogP) is 4.33. The van der Waals surface area contributed by atoms with Crippen LogP contribution in [-0.2, 0) is 4.79 Å². The lowest BCUT2D eigenvalue weighted by Crippen LogP contribution is -2.49. The zero-order chi connectivity index (χ0) is 18.6. The molecule has 4 nitrogen and oxygen atoms in total. The minimum Gasteiger partial charge on any atom is -0.368 e. The van der Waals surface area contributed by atoms with Gasteiger partial charge in [0.15, 0.2) is 0 Å². The van der Waals surface area contributed by atoms with Crippen molar-refractivity contribution in [3.63, 3.8) is 0 Å². The Balaban J connectivity index is 1.34. The monoisotopic (exact) mass is 397 g/mol. The van der Waals surface area contributed by atoms with Gasteiger partial charge in [-0.05, 0) is 29.7 Å². The number of aromatic nitrogens is 1. The van der Waals surface area contributed by atoms with Crippen molar-refractivity contribution in [1.29, 1.82) is 0 Å². The van der Waals surface area contributed by atoms with E-state index in [0.717, 1.165) is 52.7 Å². The van der Waals surface area contributed by atoms with Gasteiger partial charge in [-0.2, -0.15) is 0 Å². The highest BCUT2D eigenvalue weighted by atomic mass is 35.5. The molecule has 0 unspecified atom stereocenters. The fourth-order valence-corrected chi connectivity index (χ4v) is 4.42. The second-order valence-electron chi connectivity index (χ2n) is 6.47. The number of amides is 1. The van der Waals surface area contributed by atoms with Crippen molar-refractivity contribution in [3.05, 3.63) is 65.8 Å². The van der Waals surface area contributed by atoms with Crippen molar-refractivity contribution < 1.29 is 4.79 Å². The maximum atomic E-state index is 12.6. The van der Waals surface area contributed by atoms with Gasteiger partial charge in [-0.1, -0.05) is 53.7 Å². The molecule has 2 aromatic carbocycles. The Bertz CT molecular complexity index is 952. The van der Waals surface area contributed by atoms with Crippen LogP contribution in [-0.4, -0.2) is 47.7 Å². The first-order valence-electron chi connectivity index (χ1n) is 8.95. The van der Waals surface area contributed by atoms with E-state index in [4.69, 9.17) is 11.6 Å². The number of nitrogens with zero attached hydrogens (tertiary/aromatic N) is 3. The molecule has 0 atom stereocenters. The number of piperazine rings is 1. The highest BCUT2D eigenvalue weighted by molar-refractivity contribution is 8.00. The molecule has 0 bridgehead atoms. The lowest BCUT2D eigenvalue weighted by atomic mass is 10.2. The van der Waals surface area contributed by atoms with Crippen LogP contribution in [0.4, 0.5) is 5.69 Å². The third kappa shape index (κ3) is 4.20. The molecule has 4 rings (SSSR count). The molecule has 1 saturated heterocycles. The fraction of sp³-hybridized carbons (Fsp3) is 0.238. The number of hydrogen-bond acceptors (Lipinski definition) is 4. The fourth-order valence-electron chi connectivity index (χ4n) is 3.32. The van der Waals surface area contributed by atoms with Gasteiger partial charge in [0.1, 0.15) is 5.03 Å². The average Bonchev–Trinajstić information content (AvgIpc) is 2.72. The number of hydrogen-bond donors (Lipinski definition) is 0. The van der Waals surface area contributed by atoms with Gasteiger partial charge >= 0.3 is 0 Å². The third-order valence-electron chi connectivity index (χ3n) is 4.78. The molecule has 1 aliphatic rings. The van der Waals surface area contributed by atoms with E-state index in [1.807, 2.05) is 41.3 Å². The van der Waals surface area contributed by atoms with Crippen molar-refractivity contribution in [2.45, 2.75) is 5.03 Å². The molecule has 0 N–H and O–H groups in total. The molecule has 0 saturated carbocycles. The van der Waals surface area contributed by atoms with Crippen molar-refractivity contribution in [3.8, 4) is 0 Å². The van der Waals surface area contributed by atoms with Crippen molar-refractivity contribution in [1.82, 2.24) is 9.88 Å². The average molecular weight is 398 g/mol. The van der Waals surface area contributed by atoms with Crippen molar-refractivity contribution >= 4 is 45.7 Å². The number of carbonyl (C=O) groups is 1. The summed E-state index contributed by atoms with van der Waals surface area (Å²) in [6.45, 7) is 3.11. The number of halogens is 1. The van der Waals surface area contributed by atoms with Gasteiger partial charge < -0.3 is 9.80 Å². The first kappa shape index (κ1) is 18.1. The summed E-state index contributed by atoms with van der Waals surface area (Å²) >= 11 is 7.60. The molecule has 1 amide bonds. The van der Waals surface area contributed by atoms with Crippen LogP contribution in [0.2, 0.25) is 5.02 Å². The summed E-state index contributed by atoms with van der Waals surface area (Å²) < 4.78 is 0. The second kappa shape index (κ2) is 8.19. The van der Waals surface area contributed by atoms with Gasteiger partial charge in [0.2, 0.25) is 5.91 Å². The molecular formula is C21H20ClN3OS. The molecular weight excluding hydrogens is 378 g/mol. The Kier molecular flexibility index (Phi) is 5.50. The minimum atomic E-state index is 0.167. The van der Waals surface area contributed by atoms with Crippen LogP contribution in [0.3, 0.4) is 0 Å². The molecule has 138 valence electrons. The quantitative estimate of drug-likeness (QED) is 0.614. The minimum absolute atomic E-state index is 0.167. The topological polar surface area (TPSA) is 36.4 Å². The molecule has 0 aliphatic carbocycles. The van der Waals surface area contributed by atoms with Gasteiger partial charge in [-0.3, -0.25) is 4.79 Å². The van der Waals surface area contributed by atoms with E-state index in [1.54, 1.807) is 6.20 Å². The molecule has 27 heavy (non-hydrogen) atoms. The first-order chi connectivity index (χ1) is 13.2. The summed E-state index contributed by atoms with van der Waals surface area (Å²) in [5, 5.41) is 3.91. The summed E-state index contributed by atoms with van der Waals surface area (Å²) in [5.74, 6) is 0.582. The number of rotatable bonds is 4. The number of anilines is 1. The molecule has 6 heteroatoms. The lowest BCUT2D eigenvalue weighted by molar-refractivity contribution is -0.128. The van der Waals surface area contributed by atoms with Crippen molar-refractivity contribution in [2.75, 3.05) is 36.8 Å². The predicted molar refractivity (Wildman–Crippen MR) is 113 cm³/mol. The Morgan fingerprint density at radius 3 is 2.67 bits per heavy atom. The van der Waals surface area contributed by atoms with Gasteiger partial charge in [0.05, 0.1) is 5.75 Å². The van der Waals surface area contributed by atoms with E-state index < -0.39 is 0 Å². The highest BCUT2D eigenvalue weighted by Crippen LogP contribution is 2.26. The van der Waals surface area contributed by atoms with Crippen LogP contribution < -0.4 is 4.90 Å². The van der Waals surface area contributed by atoms with Gasteiger partial charge in [-0.15, -0.1) is 0 Å².